The number of aromatic nitrogens is 2. The van der Waals surface area contributed by atoms with E-state index in [1.54, 1.807) is 13.0 Å². The molecule has 0 radical (unpaired) electrons. The second kappa shape index (κ2) is 8.54. The number of hydroxylamine groups is 2. The van der Waals surface area contributed by atoms with Crippen molar-refractivity contribution in [2.24, 2.45) is 0 Å². The minimum Gasteiger partial charge on any atom is -0.611 e. The van der Waals surface area contributed by atoms with Crippen LogP contribution in [0.3, 0.4) is 0 Å². The van der Waals surface area contributed by atoms with E-state index in [1.807, 2.05) is 30.5 Å². The highest BCUT2D eigenvalue weighted by Crippen LogP contribution is 2.42. The van der Waals surface area contributed by atoms with Crippen molar-refractivity contribution in [2.75, 3.05) is 19.7 Å². The van der Waals surface area contributed by atoms with E-state index in [0.717, 1.165) is 25.1 Å². The van der Waals surface area contributed by atoms with Crippen LogP contribution < -0.4 is 0 Å². The van der Waals surface area contributed by atoms with Crippen LogP contribution in [-0.2, 0) is 26.5 Å². The molecule has 1 aromatic heterocycles. The molecule has 2 aliphatic rings. The third-order valence-corrected chi connectivity index (χ3v) is 6.68. The zero-order valence-corrected chi connectivity index (χ0v) is 19.1. The van der Waals surface area contributed by atoms with Crippen molar-refractivity contribution in [1.82, 2.24) is 14.8 Å². The van der Waals surface area contributed by atoms with E-state index in [-0.39, 0.29) is 29.7 Å². The second-order valence-corrected chi connectivity index (χ2v) is 10.3. The number of halogens is 1. The van der Waals surface area contributed by atoms with Gasteiger partial charge in [0.05, 0.1) is 35.1 Å². The Labute approximate surface area is 184 Å². The molecule has 0 aliphatic carbocycles. The number of ether oxygens (including phenoxy) is 1. The highest BCUT2D eigenvalue weighted by Gasteiger charge is 2.38. The molecule has 9 heteroatoms. The molecule has 4 rings (SSSR count). The number of carbonyl (C=O) groups excluding carboxylic acids is 1. The van der Waals surface area contributed by atoms with Crippen LogP contribution in [0.1, 0.15) is 62.6 Å². The van der Waals surface area contributed by atoms with Gasteiger partial charge < -0.3 is 9.29 Å². The summed E-state index contributed by atoms with van der Waals surface area (Å²) in [5, 5.41) is 6.60. The van der Waals surface area contributed by atoms with Gasteiger partial charge in [0.2, 0.25) is 0 Å². The quantitative estimate of drug-likeness (QED) is 0.521. The molecule has 3 heterocycles. The number of benzene rings is 1. The van der Waals surface area contributed by atoms with Gasteiger partial charge in [-0.25, -0.2) is 9.18 Å². The van der Waals surface area contributed by atoms with Crippen LogP contribution in [-0.4, -0.2) is 50.7 Å². The number of fused-ring (bicyclic) bond motifs is 3. The Morgan fingerprint density at radius 3 is 2.87 bits per heavy atom. The maximum absolute atomic E-state index is 13.9. The molecule has 0 N–H and O–H groups in total. The first-order valence-corrected chi connectivity index (χ1v) is 11.9. The zero-order valence-electron chi connectivity index (χ0n) is 18.3. The Morgan fingerprint density at radius 2 is 2.16 bits per heavy atom. The van der Waals surface area contributed by atoms with E-state index in [4.69, 9.17) is 9.57 Å². The third-order valence-electron chi connectivity index (χ3n) is 5.30. The molecular weight excluding hydrogens is 421 g/mol. The zero-order chi connectivity index (χ0) is 22.3. The SMILES string of the molecule is CCOC(=O)c1nn(C2CCCN(OC(C)(C)C)C2)c2c1C[S+]([O-])c1cc(F)ccc1-2. The van der Waals surface area contributed by atoms with Crippen molar-refractivity contribution < 1.29 is 23.3 Å². The molecule has 2 aromatic rings. The predicted octanol–water partition coefficient (Wildman–Crippen LogP) is 3.85. The molecule has 0 amide bonds. The smallest absolute Gasteiger partial charge is 0.359 e. The van der Waals surface area contributed by atoms with E-state index < -0.39 is 23.0 Å². The molecule has 7 nitrogen and oxygen atoms in total. The van der Waals surface area contributed by atoms with E-state index >= 15 is 0 Å². The number of piperidine rings is 1. The lowest BCUT2D eigenvalue weighted by molar-refractivity contribution is -0.240. The van der Waals surface area contributed by atoms with Crippen molar-refractivity contribution in [3.63, 3.8) is 0 Å². The van der Waals surface area contributed by atoms with Crippen molar-refractivity contribution >= 4 is 17.1 Å². The van der Waals surface area contributed by atoms with E-state index in [2.05, 4.69) is 5.10 Å². The van der Waals surface area contributed by atoms with Gasteiger partial charge in [0.1, 0.15) is 11.6 Å². The number of hydrogen-bond donors (Lipinski definition) is 0. The van der Waals surface area contributed by atoms with Gasteiger partial charge >= 0.3 is 5.97 Å². The molecule has 0 saturated carbocycles. The fraction of sp³-hybridized carbons (Fsp3) is 0.545. The first-order chi connectivity index (χ1) is 14.7. The van der Waals surface area contributed by atoms with Gasteiger partial charge in [-0.2, -0.15) is 10.2 Å². The minimum absolute atomic E-state index is 0.0440. The van der Waals surface area contributed by atoms with Gasteiger partial charge in [-0.1, -0.05) is 0 Å². The first-order valence-electron chi connectivity index (χ1n) is 10.6. The average molecular weight is 450 g/mol. The molecule has 2 unspecified atom stereocenters. The van der Waals surface area contributed by atoms with E-state index in [0.29, 0.717) is 22.6 Å². The molecule has 2 aliphatic heterocycles. The van der Waals surface area contributed by atoms with Gasteiger partial charge in [-0.3, -0.25) is 9.52 Å². The Kier molecular flexibility index (Phi) is 6.13. The molecular formula is C22H28FN3O4S. The summed E-state index contributed by atoms with van der Waals surface area (Å²) in [6.45, 7) is 9.39. The maximum atomic E-state index is 13.9. The summed E-state index contributed by atoms with van der Waals surface area (Å²) in [6, 6.07) is 4.24. The lowest BCUT2D eigenvalue weighted by Gasteiger charge is -2.36. The van der Waals surface area contributed by atoms with Crippen LogP contribution in [0.4, 0.5) is 4.39 Å². The molecule has 168 valence electrons. The normalized spacial score (nSPS) is 21.5. The summed E-state index contributed by atoms with van der Waals surface area (Å²) in [4.78, 5) is 19.2. The lowest BCUT2D eigenvalue weighted by Crippen LogP contribution is -2.41. The Bertz CT molecular complexity index is 988. The number of rotatable bonds is 4. The number of nitrogens with zero attached hydrogens (tertiary/aromatic N) is 3. The fourth-order valence-corrected chi connectivity index (χ4v) is 5.54. The Morgan fingerprint density at radius 1 is 1.39 bits per heavy atom. The van der Waals surface area contributed by atoms with Crippen LogP contribution in [0, 0.1) is 5.82 Å². The van der Waals surface area contributed by atoms with Crippen LogP contribution in [0.2, 0.25) is 0 Å². The van der Waals surface area contributed by atoms with Crippen LogP contribution in [0.25, 0.3) is 11.3 Å². The van der Waals surface area contributed by atoms with Crippen molar-refractivity contribution in [1.29, 1.82) is 0 Å². The molecule has 0 bridgehead atoms. The van der Waals surface area contributed by atoms with Gasteiger partial charge in [0.15, 0.2) is 10.6 Å². The maximum Gasteiger partial charge on any atom is 0.359 e. The summed E-state index contributed by atoms with van der Waals surface area (Å²) >= 11 is -1.47. The molecule has 1 aromatic carbocycles. The summed E-state index contributed by atoms with van der Waals surface area (Å²) < 4.78 is 33.8. The second-order valence-electron chi connectivity index (χ2n) is 8.86. The number of carbonyl (C=O) groups is 1. The van der Waals surface area contributed by atoms with Crippen LogP contribution in [0.15, 0.2) is 23.1 Å². The Balaban J connectivity index is 1.79. The summed E-state index contributed by atoms with van der Waals surface area (Å²) in [5.41, 5.74) is 1.85. The van der Waals surface area contributed by atoms with Crippen molar-refractivity contribution in [3.05, 3.63) is 35.3 Å². The highest BCUT2D eigenvalue weighted by molar-refractivity contribution is 7.90. The van der Waals surface area contributed by atoms with Gasteiger partial charge in [0, 0.05) is 19.2 Å². The molecule has 31 heavy (non-hydrogen) atoms. The monoisotopic (exact) mass is 449 g/mol. The van der Waals surface area contributed by atoms with Gasteiger partial charge in [-0.05, 0) is 63.8 Å². The average Bonchev–Trinajstić information content (AvgIpc) is 3.07. The van der Waals surface area contributed by atoms with Crippen molar-refractivity contribution in [2.45, 2.75) is 62.8 Å². The first kappa shape index (κ1) is 22.3. The largest absolute Gasteiger partial charge is 0.611 e. The predicted molar refractivity (Wildman–Crippen MR) is 114 cm³/mol. The third kappa shape index (κ3) is 4.50. The molecule has 2 atom stereocenters. The van der Waals surface area contributed by atoms with Gasteiger partial charge in [0.25, 0.3) is 0 Å². The van der Waals surface area contributed by atoms with E-state index in [9.17, 15) is 13.7 Å². The van der Waals surface area contributed by atoms with Crippen LogP contribution >= 0.6 is 0 Å². The fourth-order valence-electron chi connectivity index (χ4n) is 4.20. The molecule has 1 saturated heterocycles. The number of esters is 1. The standard InChI is InChI=1S/C22H28FN3O4S/c1-5-29-21(27)19-17-13-31(28)18-11-14(23)8-9-16(18)20(17)26(24-19)15-7-6-10-25(12-15)30-22(2,3)4/h8-9,11,15H,5-7,10,12-13H2,1-4H3. The van der Waals surface area contributed by atoms with Crippen LogP contribution in [0.5, 0.6) is 0 Å². The van der Waals surface area contributed by atoms with Gasteiger partial charge in [-0.15, -0.1) is 0 Å². The van der Waals surface area contributed by atoms with Crippen molar-refractivity contribution in [3.8, 4) is 11.3 Å². The number of hydrogen-bond acceptors (Lipinski definition) is 6. The summed E-state index contributed by atoms with van der Waals surface area (Å²) in [7, 11) is 0. The Hall–Kier alpha value is -1.94. The lowest BCUT2D eigenvalue weighted by atomic mass is 10.0. The van der Waals surface area contributed by atoms with E-state index in [1.165, 1.54) is 12.1 Å². The highest BCUT2D eigenvalue weighted by atomic mass is 32.2. The minimum atomic E-state index is -1.47. The molecule has 1 fully saturated rings. The topological polar surface area (TPSA) is 79.7 Å². The summed E-state index contributed by atoms with van der Waals surface area (Å²) in [5.74, 6) is -0.859. The molecule has 0 spiro atoms. The summed E-state index contributed by atoms with van der Waals surface area (Å²) in [6.07, 6.45) is 1.77.